The van der Waals surface area contributed by atoms with Crippen molar-refractivity contribution >= 4 is 16.2 Å². The summed E-state index contributed by atoms with van der Waals surface area (Å²) in [4.78, 5) is 6.87. The van der Waals surface area contributed by atoms with Gasteiger partial charge in [-0.1, -0.05) is 25.0 Å². The van der Waals surface area contributed by atoms with E-state index in [4.69, 9.17) is 0 Å². The minimum atomic E-state index is 0.563. The highest BCUT2D eigenvalue weighted by atomic mass is 32.1. The molecule has 4 rings (SSSR count). The van der Waals surface area contributed by atoms with E-state index in [1.54, 1.807) is 0 Å². The molecule has 1 aliphatic rings. The van der Waals surface area contributed by atoms with E-state index >= 15 is 0 Å². The Balaban J connectivity index is 1.63. The number of thiazole rings is 1. The molecule has 0 aromatic carbocycles. The Morgan fingerprint density at radius 3 is 3.00 bits per heavy atom. The van der Waals surface area contributed by atoms with Crippen molar-refractivity contribution in [1.82, 2.24) is 24.4 Å². The van der Waals surface area contributed by atoms with Gasteiger partial charge in [0, 0.05) is 23.2 Å². The van der Waals surface area contributed by atoms with Crippen LogP contribution in [0.3, 0.4) is 0 Å². The fourth-order valence-electron chi connectivity index (χ4n) is 3.25. The predicted octanol–water partition coefficient (Wildman–Crippen LogP) is 3.26. The first-order valence-electron chi connectivity index (χ1n) is 7.68. The summed E-state index contributed by atoms with van der Waals surface area (Å²) >= 11 is 1.83. The van der Waals surface area contributed by atoms with E-state index in [2.05, 4.69) is 37.5 Å². The van der Waals surface area contributed by atoms with Crippen LogP contribution in [0.25, 0.3) is 4.83 Å². The zero-order valence-corrected chi connectivity index (χ0v) is 13.0. The van der Waals surface area contributed by atoms with Crippen molar-refractivity contribution < 1.29 is 0 Å². The Morgan fingerprint density at radius 2 is 2.19 bits per heavy atom. The number of nitrogens with zero attached hydrogens (tertiary/aromatic N) is 5. The van der Waals surface area contributed by atoms with Gasteiger partial charge in [0.25, 0.3) is 0 Å². The second kappa shape index (κ2) is 5.26. The molecule has 110 valence electrons. The number of hydrogen-bond acceptors (Lipinski definition) is 4. The van der Waals surface area contributed by atoms with Crippen LogP contribution in [0.15, 0.2) is 18.7 Å². The highest BCUT2D eigenvalue weighted by molar-refractivity contribution is 7.17. The fourth-order valence-corrected chi connectivity index (χ4v) is 4.31. The average Bonchev–Trinajstić information content (AvgIpc) is 3.25. The van der Waals surface area contributed by atoms with Crippen molar-refractivity contribution in [2.24, 2.45) is 0 Å². The van der Waals surface area contributed by atoms with E-state index in [9.17, 15) is 0 Å². The molecule has 3 aromatic heterocycles. The smallest absolute Gasteiger partial charge is 0.119 e. The van der Waals surface area contributed by atoms with Crippen molar-refractivity contribution in [1.29, 1.82) is 0 Å². The molecule has 0 bridgehead atoms. The summed E-state index contributed by atoms with van der Waals surface area (Å²) in [6.07, 6.45) is 13.0. The third kappa shape index (κ3) is 2.27. The van der Waals surface area contributed by atoms with Crippen LogP contribution in [0.1, 0.15) is 54.9 Å². The minimum Gasteiger partial charge on any atom is -0.293 e. The SMILES string of the molecule is CCc1sc2cncn2c1Cc1cn(C2CCCC2)nn1. The maximum atomic E-state index is 4.39. The number of fused-ring (bicyclic) bond motifs is 1. The lowest BCUT2D eigenvalue weighted by atomic mass is 10.2. The highest BCUT2D eigenvalue weighted by Gasteiger charge is 2.19. The monoisotopic (exact) mass is 301 g/mol. The van der Waals surface area contributed by atoms with Crippen molar-refractivity contribution in [3.63, 3.8) is 0 Å². The Labute approximate surface area is 127 Å². The molecule has 21 heavy (non-hydrogen) atoms. The van der Waals surface area contributed by atoms with Gasteiger partial charge in [-0.15, -0.1) is 16.4 Å². The Hall–Kier alpha value is -1.69. The van der Waals surface area contributed by atoms with E-state index in [1.807, 2.05) is 23.9 Å². The van der Waals surface area contributed by atoms with Crippen LogP contribution in [-0.2, 0) is 12.8 Å². The molecule has 0 spiro atoms. The van der Waals surface area contributed by atoms with Gasteiger partial charge < -0.3 is 0 Å². The summed E-state index contributed by atoms with van der Waals surface area (Å²) in [5, 5.41) is 8.73. The van der Waals surface area contributed by atoms with Gasteiger partial charge in [0.2, 0.25) is 0 Å². The van der Waals surface area contributed by atoms with Gasteiger partial charge in [-0.05, 0) is 19.3 Å². The standard InChI is InChI=1S/C15H19N5S/c1-2-14-13(19-10-16-8-15(19)21-14)7-11-9-20(18-17-11)12-5-3-4-6-12/h8-10,12H,2-7H2,1H3. The van der Waals surface area contributed by atoms with Crippen molar-refractivity contribution in [2.75, 3.05) is 0 Å². The maximum Gasteiger partial charge on any atom is 0.119 e. The first-order chi connectivity index (χ1) is 10.3. The average molecular weight is 301 g/mol. The molecule has 3 aromatic rings. The first kappa shape index (κ1) is 13.0. The van der Waals surface area contributed by atoms with Gasteiger partial charge in [-0.2, -0.15) is 0 Å². The van der Waals surface area contributed by atoms with Crippen LogP contribution in [0.2, 0.25) is 0 Å². The number of imidazole rings is 1. The molecule has 1 saturated carbocycles. The predicted molar refractivity (Wildman–Crippen MR) is 82.8 cm³/mol. The molecule has 1 aliphatic carbocycles. The van der Waals surface area contributed by atoms with E-state index < -0.39 is 0 Å². The second-order valence-electron chi connectivity index (χ2n) is 5.73. The molecule has 5 nitrogen and oxygen atoms in total. The number of rotatable bonds is 4. The minimum absolute atomic E-state index is 0.563. The Morgan fingerprint density at radius 1 is 1.33 bits per heavy atom. The van der Waals surface area contributed by atoms with Gasteiger partial charge >= 0.3 is 0 Å². The van der Waals surface area contributed by atoms with Crippen LogP contribution >= 0.6 is 11.3 Å². The molecule has 1 fully saturated rings. The fraction of sp³-hybridized carbons (Fsp3) is 0.533. The topological polar surface area (TPSA) is 48.0 Å². The molecule has 0 atom stereocenters. The van der Waals surface area contributed by atoms with Gasteiger partial charge in [0.05, 0.1) is 17.9 Å². The molecule has 0 N–H and O–H groups in total. The van der Waals surface area contributed by atoms with Gasteiger partial charge in [0.15, 0.2) is 0 Å². The van der Waals surface area contributed by atoms with Crippen LogP contribution in [0.5, 0.6) is 0 Å². The number of aryl methyl sites for hydroxylation is 1. The molecule has 6 heteroatoms. The lowest BCUT2D eigenvalue weighted by Gasteiger charge is -2.06. The quantitative estimate of drug-likeness (QED) is 0.743. The highest BCUT2D eigenvalue weighted by Crippen LogP contribution is 2.29. The normalized spacial score (nSPS) is 16.2. The molecular weight excluding hydrogens is 282 g/mol. The summed E-state index contributed by atoms with van der Waals surface area (Å²) in [7, 11) is 0. The largest absolute Gasteiger partial charge is 0.293 e. The molecule has 3 heterocycles. The van der Waals surface area contributed by atoms with Crippen LogP contribution in [0, 0.1) is 0 Å². The summed E-state index contributed by atoms with van der Waals surface area (Å²) < 4.78 is 4.27. The maximum absolute atomic E-state index is 4.39. The lowest BCUT2D eigenvalue weighted by Crippen LogP contribution is -2.04. The van der Waals surface area contributed by atoms with E-state index in [0.29, 0.717) is 6.04 Å². The van der Waals surface area contributed by atoms with Gasteiger partial charge in [0.1, 0.15) is 11.2 Å². The van der Waals surface area contributed by atoms with Crippen LogP contribution < -0.4 is 0 Å². The van der Waals surface area contributed by atoms with Gasteiger partial charge in [-0.3, -0.25) is 4.40 Å². The van der Waals surface area contributed by atoms with Gasteiger partial charge in [-0.25, -0.2) is 9.67 Å². The summed E-state index contributed by atoms with van der Waals surface area (Å²) in [6, 6.07) is 0.563. The van der Waals surface area contributed by atoms with Crippen LogP contribution in [0.4, 0.5) is 0 Å². The van der Waals surface area contributed by atoms with E-state index in [0.717, 1.165) is 18.5 Å². The third-order valence-corrected chi connectivity index (χ3v) is 5.65. The zero-order valence-electron chi connectivity index (χ0n) is 12.2. The van der Waals surface area contributed by atoms with E-state index in [1.165, 1.54) is 41.1 Å². The second-order valence-corrected chi connectivity index (χ2v) is 6.85. The van der Waals surface area contributed by atoms with E-state index in [-0.39, 0.29) is 0 Å². The van der Waals surface area contributed by atoms with Crippen molar-refractivity contribution in [3.05, 3.63) is 35.0 Å². The first-order valence-corrected chi connectivity index (χ1v) is 8.50. The number of hydrogen-bond donors (Lipinski definition) is 0. The lowest BCUT2D eigenvalue weighted by molar-refractivity contribution is 0.454. The molecule has 0 radical (unpaired) electrons. The molecule has 0 aliphatic heterocycles. The van der Waals surface area contributed by atoms with Crippen LogP contribution in [-0.4, -0.2) is 24.4 Å². The summed E-state index contributed by atoms with van der Waals surface area (Å²) in [6.45, 7) is 2.21. The zero-order chi connectivity index (χ0) is 14.2. The third-order valence-electron chi connectivity index (χ3n) is 4.37. The Bertz CT molecular complexity index is 747. The summed E-state index contributed by atoms with van der Waals surface area (Å²) in [5.74, 6) is 0. The number of aromatic nitrogens is 5. The molecular formula is C15H19N5S. The molecule has 0 saturated heterocycles. The van der Waals surface area contributed by atoms with Crippen molar-refractivity contribution in [2.45, 2.75) is 51.5 Å². The molecule has 0 unspecified atom stereocenters. The Kier molecular flexibility index (Phi) is 3.25. The van der Waals surface area contributed by atoms with Crippen molar-refractivity contribution in [3.8, 4) is 0 Å². The summed E-state index contributed by atoms with van der Waals surface area (Å²) in [5.41, 5.74) is 2.37. The molecule has 0 amide bonds.